The van der Waals surface area contributed by atoms with Gasteiger partial charge in [-0.2, -0.15) is 4.98 Å². The maximum absolute atomic E-state index is 13.6. The lowest BCUT2D eigenvalue weighted by Crippen LogP contribution is -2.60. The standard InChI is InChI=1S/C28H39N9O4/c1-27(2,3)41-26(39)36-8-6-20(36)23(38)35-10-7-28(4,17-35)37-9-5-19-21(18-15-30-24(29)31-16-18)32-25(33-22(19)37)34-11-13-40-14-12-34/h15-16,20H,5-14,17H2,1-4H3,(H2,29,30,31)/t20-,28-/m0/s1. The molecule has 3 fully saturated rings. The van der Waals surface area contributed by atoms with Crippen molar-refractivity contribution < 1.29 is 19.1 Å². The number of anilines is 3. The van der Waals surface area contributed by atoms with E-state index in [0.717, 1.165) is 42.0 Å². The fourth-order valence-electron chi connectivity index (χ4n) is 6.12. The number of carbonyl (C=O) groups excluding carboxylic acids is 2. The van der Waals surface area contributed by atoms with E-state index in [1.165, 1.54) is 0 Å². The second kappa shape index (κ2) is 10.3. The van der Waals surface area contributed by atoms with Crippen LogP contribution >= 0.6 is 0 Å². The first-order chi connectivity index (χ1) is 19.5. The van der Waals surface area contributed by atoms with Crippen molar-refractivity contribution in [3.63, 3.8) is 0 Å². The summed E-state index contributed by atoms with van der Waals surface area (Å²) in [7, 11) is 0. The number of carbonyl (C=O) groups is 2. The van der Waals surface area contributed by atoms with Crippen LogP contribution in [0.1, 0.15) is 46.1 Å². The molecule has 0 radical (unpaired) electrons. The molecular formula is C28H39N9O4. The van der Waals surface area contributed by atoms with Gasteiger partial charge >= 0.3 is 6.09 Å². The number of hydrogen-bond donors (Lipinski definition) is 1. The van der Waals surface area contributed by atoms with Gasteiger partial charge in [0, 0.05) is 62.8 Å². The minimum Gasteiger partial charge on any atom is -0.444 e. The van der Waals surface area contributed by atoms with Crippen LogP contribution in [-0.4, -0.2) is 111 Å². The Bertz CT molecular complexity index is 1330. The Hall–Kier alpha value is -3.74. The Balaban J connectivity index is 1.25. The van der Waals surface area contributed by atoms with E-state index in [1.54, 1.807) is 17.3 Å². The highest BCUT2D eigenvalue weighted by Gasteiger charge is 2.48. The zero-order chi connectivity index (χ0) is 28.9. The van der Waals surface area contributed by atoms with Gasteiger partial charge in [0.05, 0.1) is 24.4 Å². The molecule has 4 aliphatic rings. The van der Waals surface area contributed by atoms with E-state index in [9.17, 15) is 9.59 Å². The Morgan fingerprint density at radius 1 is 1.07 bits per heavy atom. The third-order valence-electron chi connectivity index (χ3n) is 8.40. The fourth-order valence-corrected chi connectivity index (χ4v) is 6.12. The summed E-state index contributed by atoms with van der Waals surface area (Å²) in [4.78, 5) is 52.7. The lowest BCUT2D eigenvalue weighted by Gasteiger charge is -2.42. The van der Waals surface area contributed by atoms with Gasteiger partial charge in [0.25, 0.3) is 0 Å². The topological polar surface area (TPSA) is 143 Å². The van der Waals surface area contributed by atoms with Crippen LogP contribution in [0.2, 0.25) is 0 Å². The molecule has 13 nitrogen and oxygen atoms in total. The Labute approximate surface area is 240 Å². The van der Waals surface area contributed by atoms with Gasteiger partial charge in [0.2, 0.25) is 17.8 Å². The van der Waals surface area contributed by atoms with Crippen molar-refractivity contribution in [2.75, 3.05) is 68.0 Å². The molecule has 2 N–H and O–H groups in total. The molecule has 0 aromatic carbocycles. The molecule has 220 valence electrons. The number of rotatable bonds is 4. The molecule has 0 saturated carbocycles. The molecule has 2 aromatic rings. The SMILES string of the molecule is CC(C)(C)OC(=O)N1CC[C@H]1C(=O)N1CC[C@](C)(N2CCc3c(-c4cnc(N)nc4)nc(N4CCOCC4)nc32)C1. The van der Waals surface area contributed by atoms with Gasteiger partial charge in [0.15, 0.2) is 0 Å². The number of ether oxygens (including phenoxy) is 2. The molecule has 41 heavy (non-hydrogen) atoms. The van der Waals surface area contributed by atoms with Gasteiger partial charge in [-0.05, 0) is 47.0 Å². The number of nitrogens with zero attached hydrogens (tertiary/aromatic N) is 8. The van der Waals surface area contributed by atoms with E-state index < -0.39 is 17.7 Å². The van der Waals surface area contributed by atoms with Crippen LogP contribution in [0.4, 0.5) is 22.5 Å². The summed E-state index contributed by atoms with van der Waals surface area (Å²) in [5.41, 5.74) is 7.52. The van der Waals surface area contributed by atoms with Gasteiger partial charge in [-0.3, -0.25) is 9.69 Å². The lowest BCUT2D eigenvalue weighted by atomic mass is 9.99. The average molecular weight is 566 g/mol. The first-order valence-corrected chi connectivity index (χ1v) is 14.4. The third-order valence-corrected chi connectivity index (χ3v) is 8.40. The van der Waals surface area contributed by atoms with Crippen molar-refractivity contribution in [2.24, 2.45) is 0 Å². The minimum absolute atomic E-state index is 0.0124. The Kier molecular flexibility index (Phi) is 6.87. The number of hydrogen-bond acceptors (Lipinski definition) is 11. The van der Waals surface area contributed by atoms with E-state index in [1.807, 2.05) is 25.7 Å². The van der Waals surface area contributed by atoms with Gasteiger partial charge < -0.3 is 29.9 Å². The molecule has 13 heteroatoms. The molecule has 0 unspecified atom stereocenters. The monoisotopic (exact) mass is 565 g/mol. The second-order valence-corrected chi connectivity index (χ2v) is 12.5. The molecule has 2 aromatic heterocycles. The van der Waals surface area contributed by atoms with E-state index in [4.69, 9.17) is 25.2 Å². The van der Waals surface area contributed by atoms with Crippen molar-refractivity contribution in [3.8, 4) is 11.3 Å². The van der Waals surface area contributed by atoms with Crippen LogP contribution in [0.3, 0.4) is 0 Å². The molecule has 3 saturated heterocycles. The predicted molar refractivity (Wildman–Crippen MR) is 152 cm³/mol. The highest BCUT2D eigenvalue weighted by Crippen LogP contribution is 2.42. The predicted octanol–water partition coefficient (Wildman–Crippen LogP) is 1.72. The van der Waals surface area contributed by atoms with Crippen molar-refractivity contribution in [3.05, 3.63) is 18.0 Å². The molecule has 0 bridgehead atoms. The molecule has 0 spiro atoms. The van der Waals surface area contributed by atoms with Crippen LogP contribution in [0.5, 0.6) is 0 Å². The van der Waals surface area contributed by atoms with Gasteiger partial charge in [-0.25, -0.2) is 19.7 Å². The quantitative estimate of drug-likeness (QED) is 0.579. The second-order valence-electron chi connectivity index (χ2n) is 12.5. The Morgan fingerprint density at radius 2 is 1.80 bits per heavy atom. The first kappa shape index (κ1) is 27.4. The maximum atomic E-state index is 13.6. The van der Waals surface area contributed by atoms with E-state index >= 15 is 0 Å². The maximum Gasteiger partial charge on any atom is 0.410 e. The number of amides is 2. The van der Waals surface area contributed by atoms with Crippen molar-refractivity contribution in [2.45, 2.75) is 64.1 Å². The Morgan fingerprint density at radius 3 is 2.46 bits per heavy atom. The van der Waals surface area contributed by atoms with E-state index in [0.29, 0.717) is 58.3 Å². The highest BCUT2D eigenvalue weighted by atomic mass is 16.6. The largest absolute Gasteiger partial charge is 0.444 e. The van der Waals surface area contributed by atoms with Crippen molar-refractivity contribution in [1.29, 1.82) is 0 Å². The van der Waals surface area contributed by atoms with Gasteiger partial charge in [0.1, 0.15) is 17.5 Å². The first-order valence-electron chi connectivity index (χ1n) is 14.4. The number of nitrogens with two attached hydrogens (primary N) is 1. The number of fused-ring (bicyclic) bond motifs is 1. The average Bonchev–Trinajstić information content (AvgIpc) is 3.52. The highest BCUT2D eigenvalue weighted by molar-refractivity contribution is 5.88. The van der Waals surface area contributed by atoms with Crippen LogP contribution in [0.25, 0.3) is 11.3 Å². The van der Waals surface area contributed by atoms with Crippen molar-refractivity contribution in [1.82, 2.24) is 29.7 Å². The van der Waals surface area contributed by atoms with Crippen molar-refractivity contribution >= 4 is 29.7 Å². The molecular weight excluding hydrogens is 526 g/mol. The number of likely N-dealkylation sites (tertiary alicyclic amines) is 2. The summed E-state index contributed by atoms with van der Waals surface area (Å²) in [6.07, 6.45) is 5.23. The van der Waals surface area contributed by atoms with Crippen LogP contribution in [0, 0.1) is 0 Å². The summed E-state index contributed by atoms with van der Waals surface area (Å²) in [5.74, 6) is 1.75. The number of nitrogen functional groups attached to an aromatic ring is 1. The zero-order valence-corrected chi connectivity index (χ0v) is 24.3. The van der Waals surface area contributed by atoms with E-state index in [-0.39, 0.29) is 17.4 Å². The number of aromatic nitrogens is 4. The smallest absolute Gasteiger partial charge is 0.410 e. The molecule has 6 heterocycles. The normalized spacial score (nSPS) is 24.3. The fraction of sp³-hybridized carbons (Fsp3) is 0.643. The van der Waals surface area contributed by atoms with Crippen LogP contribution < -0.4 is 15.5 Å². The van der Waals surface area contributed by atoms with Gasteiger partial charge in [-0.15, -0.1) is 0 Å². The van der Waals surface area contributed by atoms with Gasteiger partial charge in [-0.1, -0.05) is 0 Å². The molecule has 6 rings (SSSR count). The van der Waals surface area contributed by atoms with Crippen LogP contribution in [0.15, 0.2) is 12.4 Å². The summed E-state index contributed by atoms with van der Waals surface area (Å²) >= 11 is 0. The minimum atomic E-state index is -0.602. The zero-order valence-electron chi connectivity index (χ0n) is 24.3. The summed E-state index contributed by atoms with van der Waals surface area (Å²) in [5, 5.41) is 0. The molecule has 2 amide bonds. The van der Waals surface area contributed by atoms with Crippen LogP contribution in [-0.2, 0) is 20.7 Å². The molecule has 2 atom stereocenters. The summed E-state index contributed by atoms with van der Waals surface area (Å²) < 4.78 is 11.1. The summed E-state index contributed by atoms with van der Waals surface area (Å²) in [6.45, 7) is 12.9. The summed E-state index contributed by atoms with van der Waals surface area (Å²) in [6, 6.07) is -0.467. The lowest BCUT2D eigenvalue weighted by molar-refractivity contribution is -0.140. The van der Waals surface area contributed by atoms with E-state index in [2.05, 4.69) is 26.7 Å². The molecule has 4 aliphatic heterocycles. The molecule has 0 aliphatic carbocycles. The third kappa shape index (κ3) is 5.22. The number of morpholine rings is 1.